The summed E-state index contributed by atoms with van der Waals surface area (Å²) in [6, 6.07) is 9.26. The lowest BCUT2D eigenvalue weighted by atomic mass is 10.2. The number of hydrogen-bond acceptors (Lipinski definition) is 6. The molecular formula is C19H20FN3O6S. The van der Waals surface area contributed by atoms with Crippen LogP contribution in [-0.4, -0.2) is 61.2 Å². The summed E-state index contributed by atoms with van der Waals surface area (Å²) in [5, 5.41) is 11.0. The molecule has 9 nitrogen and oxygen atoms in total. The van der Waals surface area contributed by atoms with Gasteiger partial charge in [-0.2, -0.15) is 4.31 Å². The number of carbonyl (C=O) groups excluding carboxylic acids is 1. The van der Waals surface area contributed by atoms with Crippen LogP contribution in [0.5, 0.6) is 5.75 Å². The molecule has 0 spiro atoms. The maximum atomic E-state index is 13.3. The SMILES string of the molecule is Cc1ccc(S(=O)(=O)N2CCN(C(=O)COc3cc(F)ccc3[N+](=O)[O-])CC2)cc1. The van der Waals surface area contributed by atoms with Gasteiger partial charge in [0.05, 0.1) is 9.82 Å². The molecule has 0 bridgehead atoms. The van der Waals surface area contributed by atoms with E-state index in [4.69, 9.17) is 4.74 Å². The molecule has 1 aliphatic heterocycles. The van der Waals surface area contributed by atoms with Crippen LogP contribution in [-0.2, 0) is 14.8 Å². The first-order valence-electron chi connectivity index (χ1n) is 9.10. The molecule has 30 heavy (non-hydrogen) atoms. The molecule has 1 saturated heterocycles. The van der Waals surface area contributed by atoms with E-state index in [0.29, 0.717) is 0 Å². The van der Waals surface area contributed by atoms with Crippen LogP contribution in [0.4, 0.5) is 10.1 Å². The molecule has 0 unspecified atom stereocenters. The monoisotopic (exact) mass is 437 g/mol. The minimum atomic E-state index is -3.66. The van der Waals surface area contributed by atoms with E-state index in [-0.39, 0.29) is 36.8 Å². The van der Waals surface area contributed by atoms with Gasteiger partial charge in [0.25, 0.3) is 5.91 Å². The van der Waals surface area contributed by atoms with Gasteiger partial charge in [-0.05, 0) is 25.1 Å². The molecule has 0 saturated carbocycles. The highest BCUT2D eigenvalue weighted by molar-refractivity contribution is 7.89. The predicted molar refractivity (Wildman–Crippen MR) is 105 cm³/mol. The predicted octanol–water partition coefficient (Wildman–Crippen LogP) is 1.95. The largest absolute Gasteiger partial charge is 0.477 e. The number of piperazine rings is 1. The Kier molecular flexibility index (Phi) is 6.32. The number of nitro groups is 1. The maximum Gasteiger partial charge on any atom is 0.311 e. The Bertz CT molecular complexity index is 1050. The zero-order valence-electron chi connectivity index (χ0n) is 16.2. The zero-order chi connectivity index (χ0) is 21.9. The Balaban J connectivity index is 1.59. The summed E-state index contributed by atoms with van der Waals surface area (Å²) in [5.74, 6) is -1.53. The average Bonchev–Trinajstić information content (AvgIpc) is 2.72. The molecule has 1 amide bonds. The molecule has 0 aromatic heterocycles. The lowest BCUT2D eigenvalue weighted by molar-refractivity contribution is -0.385. The van der Waals surface area contributed by atoms with Crippen LogP contribution >= 0.6 is 0 Å². The van der Waals surface area contributed by atoms with Gasteiger partial charge in [0.2, 0.25) is 15.8 Å². The first kappa shape index (κ1) is 21.7. The second-order valence-corrected chi connectivity index (χ2v) is 8.69. The highest BCUT2D eigenvalue weighted by Crippen LogP contribution is 2.27. The molecule has 0 N–H and O–H groups in total. The number of ether oxygens (including phenoxy) is 1. The van der Waals surface area contributed by atoms with E-state index < -0.39 is 39.0 Å². The number of hydrogen-bond donors (Lipinski definition) is 0. The van der Waals surface area contributed by atoms with Crippen LogP contribution in [0.25, 0.3) is 0 Å². The van der Waals surface area contributed by atoms with Crippen molar-refractivity contribution in [2.24, 2.45) is 0 Å². The smallest absolute Gasteiger partial charge is 0.311 e. The van der Waals surface area contributed by atoms with Gasteiger partial charge in [-0.15, -0.1) is 0 Å². The average molecular weight is 437 g/mol. The third-order valence-corrected chi connectivity index (χ3v) is 6.63. The standard InChI is InChI=1S/C19H20FN3O6S/c1-14-2-5-16(6-3-14)30(27,28)22-10-8-21(9-11-22)19(24)13-29-18-12-15(20)4-7-17(18)23(25)26/h2-7,12H,8-11,13H2,1H3. The number of nitro benzene ring substituents is 1. The topological polar surface area (TPSA) is 110 Å². The first-order chi connectivity index (χ1) is 14.2. The summed E-state index contributed by atoms with van der Waals surface area (Å²) in [6.45, 7) is 1.87. The van der Waals surface area contributed by atoms with Crippen LogP contribution < -0.4 is 4.74 Å². The van der Waals surface area contributed by atoms with Crippen LogP contribution in [0.15, 0.2) is 47.4 Å². The molecule has 1 heterocycles. The van der Waals surface area contributed by atoms with Crippen molar-refractivity contribution in [1.29, 1.82) is 0 Å². The van der Waals surface area contributed by atoms with Crippen molar-refractivity contribution in [3.05, 3.63) is 64.0 Å². The molecule has 3 rings (SSSR count). The molecule has 0 radical (unpaired) electrons. The molecule has 11 heteroatoms. The Labute approximate surface area is 172 Å². The van der Waals surface area contributed by atoms with Gasteiger partial charge >= 0.3 is 5.69 Å². The minimum absolute atomic E-state index is 0.113. The van der Waals surface area contributed by atoms with E-state index in [1.165, 1.54) is 9.21 Å². The molecular weight excluding hydrogens is 417 g/mol. The molecule has 160 valence electrons. The lowest BCUT2D eigenvalue weighted by Crippen LogP contribution is -2.51. The number of sulfonamides is 1. The summed E-state index contributed by atoms with van der Waals surface area (Å²) in [7, 11) is -3.66. The van der Waals surface area contributed by atoms with E-state index in [9.17, 15) is 27.7 Å². The van der Waals surface area contributed by atoms with Crippen molar-refractivity contribution >= 4 is 21.6 Å². The highest BCUT2D eigenvalue weighted by Gasteiger charge is 2.30. The molecule has 2 aromatic carbocycles. The van der Waals surface area contributed by atoms with Gasteiger partial charge in [0.1, 0.15) is 5.82 Å². The first-order valence-corrected chi connectivity index (χ1v) is 10.5. The number of nitrogens with zero attached hydrogens (tertiary/aromatic N) is 3. The second kappa shape index (κ2) is 8.76. The van der Waals surface area contributed by atoms with E-state index >= 15 is 0 Å². The fourth-order valence-electron chi connectivity index (χ4n) is 3.02. The van der Waals surface area contributed by atoms with E-state index in [0.717, 1.165) is 23.8 Å². The van der Waals surface area contributed by atoms with Gasteiger partial charge in [0.15, 0.2) is 6.61 Å². The van der Waals surface area contributed by atoms with E-state index in [1.54, 1.807) is 24.3 Å². The molecule has 2 aromatic rings. The Morgan fingerprint density at radius 2 is 1.77 bits per heavy atom. The number of amides is 1. The summed E-state index contributed by atoms with van der Waals surface area (Å²) >= 11 is 0. The quantitative estimate of drug-likeness (QED) is 0.505. The summed E-state index contributed by atoms with van der Waals surface area (Å²) < 4.78 is 45.3. The van der Waals surface area contributed by atoms with Crippen molar-refractivity contribution in [2.75, 3.05) is 32.8 Å². The fourth-order valence-corrected chi connectivity index (χ4v) is 4.44. The van der Waals surface area contributed by atoms with Gasteiger partial charge in [-0.3, -0.25) is 14.9 Å². The highest BCUT2D eigenvalue weighted by atomic mass is 32.2. The molecule has 0 aliphatic carbocycles. The van der Waals surface area contributed by atoms with Crippen molar-refractivity contribution in [1.82, 2.24) is 9.21 Å². The van der Waals surface area contributed by atoms with Crippen LogP contribution in [0.2, 0.25) is 0 Å². The number of aryl methyl sites for hydroxylation is 1. The number of benzene rings is 2. The van der Waals surface area contributed by atoms with Crippen LogP contribution in [0.3, 0.4) is 0 Å². The van der Waals surface area contributed by atoms with Crippen molar-refractivity contribution in [3.8, 4) is 5.75 Å². The number of carbonyl (C=O) groups is 1. The van der Waals surface area contributed by atoms with Gasteiger partial charge in [-0.25, -0.2) is 12.8 Å². The van der Waals surface area contributed by atoms with Gasteiger partial charge < -0.3 is 9.64 Å². The Hall–Kier alpha value is -3.05. The molecule has 1 aliphatic rings. The molecule has 0 atom stereocenters. The lowest BCUT2D eigenvalue weighted by Gasteiger charge is -2.34. The maximum absolute atomic E-state index is 13.3. The Morgan fingerprint density at radius 3 is 2.37 bits per heavy atom. The summed E-state index contributed by atoms with van der Waals surface area (Å²) in [6.07, 6.45) is 0. The normalized spacial score (nSPS) is 15.1. The van der Waals surface area contributed by atoms with Gasteiger partial charge in [0, 0.05) is 38.3 Å². The van der Waals surface area contributed by atoms with Crippen molar-refractivity contribution < 1.29 is 27.3 Å². The number of halogens is 1. The summed E-state index contributed by atoms with van der Waals surface area (Å²) in [4.78, 5) is 24.2. The van der Waals surface area contributed by atoms with Gasteiger partial charge in [-0.1, -0.05) is 17.7 Å². The third kappa shape index (κ3) is 4.74. The fraction of sp³-hybridized carbons (Fsp3) is 0.316. The third-order valence-electron chi connectivity index (χ3n) is 4.72. The van der Waals surface area contributed by atoms with Crippen LogP contribution in [0.1, 0.15) is 5.56 Å². The van der Waals surface area contributed by atoms with Crippen molar-refractivity contribution in [2.45, 2.75) is 11.8 Å². The number of rotatable bonds is 6. The van der Waals surface area contributed by atoms with Crippen molar-refractivity contribution in [3.63, 3.8) is 0 Å². The Morgan fingerprint density at radius 1 is 1.13 bits per heavy atom. The van der Waals surface area contributed by atoms with Crippen LogP contribution in [0, 0.1) is 22.9 Å². The molecule has 1 fully saturated rings. The summed E-state index contributed by atoms with van der Waals surface area (Å²) in [5.41, 5.74) is 0.501. The minimum Gasteiger partial charge on any atom is -0.477 e. The second-order valence-electron chi connectivity index (χ2n) is 6.76. The zero-order valence-corrected chi connectivity index (χ0v) is 17.0. The van der Waals surface area contributed by atoms with E-state index in [1.807, 2.05) is 6.92 Å². The van der Waals surface area contributed by atoms with E-state index in [2.05, 4.69) is 0 Å².